The van der Waals surface area contributed by atoms with Gasteiger partial charge in [-0.1, -0.05) is 18.2 Å². The van der Waals surface area contributed by atoms with E-state index in [0.29, 0.717) is 0 Å². The second-order valence-electron chi connectivity index (χ2n) is 4.52. The van der Waals surface area contributed by atoms with Gasteiger partial charge in [-0.05, 0) is 31.4 Å². The van der Waals surface area contributed by atoms with Crippen LogP contribution in [0.1, 0.15) is 34.5 Å². The number of nitrogens with two attached hydrogens (primary N) is 1. The van der Waals surface area contributed by atoms with Crippen LogP contribution in [-0.2, 0) is 12.2 Å². The molecule has 0 spiro atoms. The quantitative estimate of drug-likeness (QED) is 0.867. The first-order chi connectivity index (χ1) is 8.83. The summed E-state index contributed by atoms with van der Waals surface area (Å²) in [4.78, 5) is 7.43. The minimum absolute atomic E-state index is 0.167. The van der Waals surface area contributed by atoms with Crippen LogP contribution >= 0.6 is 23.1 Å². The van der Waals surface area contributed by atoms with Crippen molar-refractivity contribution in [1.29, 1.82) is 0 Å². The van der Waals surface area contributed by atoms with Gasteiger partial charge in [0.2, 0.25) is 0 Å². The summed E-state index contributed by atoms with van der Waals surface area (Å²) in [6.07, 6.45) is 3.46. The zero-order chi connectivity index (χ0) is 12.4. The highest BCUT2D eigenvalue weighted by molar-refractivity contribution is 7.98. The van der Waals surface area contributed by atoms with Crippen molar-refractivity contribution in [2.24, 2.45) is 5.73 Å². The van der Waals surface area contributed by atoms with Gasteiger partial charge in [0.25, 0.3) is 0 Å². The fraction of sp³-hybridized carbons (Fsp3) is 0.357. The number of thioether (sulfide) groups is 1. The maximum atomic E-state index is 6.10. The van der Waals surface area contributed by atoms with E-state index in [1.807, 2.05) is 29.2 Å². The minimum atomic E-state index is 0.167. The number of benzene rings is 1. The van der Waals surface area contributed by atoms with Gasteiger partial charge in [0.1, 0.15) is 5.01 Å². The number of nitrogens with zero attached hydrogens (tertiary/aromatic N) is 1. The van der Waals surface area contributed by atoms with Gasteiger partial charge in [-0.25, -0.2) is 4.98 Å². The third-order valence-corrected chi connectivity index (χ3v) is 5.48. The van der Waals surface area contributed by atoms with Gasteiger partial charge in [0, 0.05) is 15.8 Å². The second kappa shape index (κ2) is 5.43. The highest BCUT2D eigenvalue weighted by Gasteiger charge is 2.21. The molecule has 0 saturated heterocycles. The number of aryl methyl sites for hydroxylation is 1. The molecule has 4 heteroatoms. The van der Waals surface area contributed by atoms with Gasteiger partial charge >= 0.3 is 0 Å². The van der Waals surface area contributed by atoms with Crippen LogP contribution < -0.4 is 5.73 Å². The standard InChI is InChI=1S/C14H16N2S2/c15-11-7-4-8-12-14(11)16-13(18-12)9-17-10-5-2-1-3-6-10/h1-3,5-6,11H,4,7-9,15H2. The predicted octanol–water partition coefficient (Wildman–Crippen LogP) is 3.77. The van der Waals surface area contributed by atoms with E-state index in [1.54, 1.807) is 0 Å². The lowest BCUT2D eigenvalue weighted by atomic mass is 9.99. The molecule has 1 unspecified atom stereocenters. The first kappa shape index (κ1) is 12.2. The smallest absolute Gasteiger partial charge is 0.103 e. The molecule has 94 valence electrons. The van der Waals surface area contributed by atoms with Crippen molar-refractivity contribution >= 4 is 23.1 Å². The molecule has 0 aliphatic heterocycles. The van der Waals surface area contributed by atoms with Crippen LogP contribution in [0.4, 0.5) is 0 Å². The summed E-state index contributed by atoms with van der Waals surface area (Å²) in [6, 6.07) is 10.6. The molecule has 2 N–H and O–H groups in total. The van der Waals surface area contributed by atoms with E-state index in [2.05, 4.69) is 24.3 Å². The van der Waals surface area contributed by atoms with E-state index in [9.17, 15) is 0 Å². The number of hydrogen-bond acceptors (Lipinski definition) is 4. The number of rotatable bonds is 3. The van der Waals surface area contributed by atoms with E-state index in [-0.39, 0.29) is 6.04 Å². The molecule has 0 bridgehead atoms. The van der Waals surface area contributed by atoms with Gasteiger partial charge in [0.05, 0.1) is 11.4 Å². The first-order valence-corrected chi connectivity index (χ1v) is 8.05. The third kappa shape index (κ3) is 2.60. The Morgan fingerprint density at radius 3 is 2.94 bits per heavy atom. The van der Waals surface area contributed by atoms with E-state index < -0.39 is 0 Å². The van der Waals surface area contributed by atoms with E-state index in [4.69, 9.17) is 10.7 Å². The summed E-state index contributed by atoms with van der Waals surface area (Å²) in [5.74, 6) is 0.953. The molecule has 3 rings (SSSR count). The van der Waals surface area contributed by atoms with Crippen LogP contribution in [-0.4, -0.2) is 4.98 Å². The monoisotopic (exact) mass is 276 g/mol. The Hall–Kier alpha value is -0.840. The molecule has 1 atom stereocenters. The van der Waals surface area contributed by atoms with Crippen molar-refractivity contribution < 1.29 is 0 Å². The first-order valence-electron chi connectivity index (χ1n) is 6.25. The molecule has 0 saturated carbocycles. The molecule has 18 heavy (non-hydrogen) atoms. The van der Waals surface area contributed by atoms with Crippen molar-refractivity contribution in [2.75, 3.05) is 0 Å². The lowest BCUT2D eigenvalue weighted by molar-refractivity contribution is 0.563. The van der Waals surface area contributed by atoms with Crippen molar-refractivity contribution in [3.63, 3.8) is 0 Å². The van der Waals surface area contributed by atoms with Gasteiger partial charge in [-0.3, -0.25) is 0 Å². The maximum Gasteiger partial charge on any atom is 0.103 e. The van der Waals surface area contributed by atoms with Crippen LogP contribution in [0.3, 0.4) is 0 Å². The Morgan fingerprint density at radius 2 is 2.17 bits per heavy atom. The summed E-state index contributed by atoms with van der Waals surface area (Å²) in [6.45, 7) is 0. The fourth-order valence-corrected chi connectivity index (χ4v) is 4.32. The fourth-order valence-electron chi connectivity index (χ4n) is 2.23. The number of aromatic nitrogens is 1. The Labute approximate surface area is 116 Å². The Bertz CT molecular complexity index is 522. The summed E-state index contributed by atoms with van der Waals surface area (Å²) in [5.41, 5.74) is 7.27. The van der Waals surface area contributed by atoms with Crippen LogP contribution in [0, 0.1) is 0 Å². The van der Waals surface area contributed by atoms with E-state index in [0.717, 1.165) is 24.3 Å². The summed E-state index contributed by atoms with van der Waals surface area (Å²) in [5, 5.41) is 1.21. The molecule has 1 aromatic heterocycles. The zero-order valence-corrected chi connectivity index (χ0v) is 11.8. The van der Waals surface area contributed by atoms with Crippen molar-refractivity contribution in [3.8, 4) is 0 Å². The second-order valence-corrected chi connectivity index (χ2v) is 6.73. The van der Waals surface area contributed by atoms with Crippen LogP contribution in [0.2, 0.25) is 0 Å². The number of fused-ring (bicyclic) bond motifs is 1. The molecule has 2 aromatic rings. The summed E-state index contributed by atoms with van der Waals surface area (Å²) < 4.78 is 0. The molecule has 1 aliphatic carbocycles. The van der Waals surface area contributed by atoms with E-state index in [1.165, 1.54) is 21.2 Å². The highest BCUT2D eigenvalue weighted by atomic mass is 32.2. The third-order valence-electron chi connectivity index (χ3n) is 3.15. The SMILES string of the molecule is NC1CCCc2sc(CSc3ccccc3)nc21. The van der Waals surface area contributed by atoms with E-state index >= 15 is 0 Å². The van der Waals surface area contributed by atoms with Gasteiger partial charge < -0.3 is 5.73 Å². The molecular formula is C14H16N2S2. The zero-order valence-electron chi connectivity index (χ0n) is 10.1. The number of hydrogen-bond donors (Lipinski definition) is 1. The molecule has 1 aromatic carbocycles. The maximum absolute atomic E-state index is 6.10. The topological polar surface area (TPSA) is 38.9 Å². The average molecular weight is 276 g/mol. The molecule has 1 heterocycles. The minimum Gasteiger partial charge on any atom is -0.323 e. The normalized spacial score (nSPS) is 18.6. The largest absolute Gasteiger partial charge is 0.323 e. The molecule has 0 fully saturated rings. The molecule has 0 radical (unpaired) electrons. The Kier molecular flexibility index (Phi) is 3.68. The lowest BCUT2D eigenvalue weighted by Crippen LogP contribution is -2.16. The Balaban J connectivity index is 1.70. The lowest BCUT2D eigenvalue weighted by Gasteiger charge is -2.15. The predicted molar refractivity (Wildman–Crippen MR) is 78.0 cm³/mol. The summed E-state index contributed by atoms with van der Waals surface area (Å²) in [7, 11) is 0. The molecule has 1 aliphatic rings. The Morgan fingerprint density at radius 1 is 1.33 bits per heavy atom. The van der Waals surface area contributed by atoms with Crippen molar-refractivity contribution in [3.05, 3.63) is 45.9 Å². The van der Waals surface area contributed by atoms with Crippen LogP contribution in [0.25, 0.3) is 0 Å². The number of thiazole rings is 1. The van der Waals surface area contributed by atoms with Gasteiger partial charge in [0.15, 0.2) is 0 Å². The van der Waals surface area contributed by atoms with Crippen LogP contribution in [0.15, 0.2) is 35.2 Å². The van der Waals surface area contributed by atoms with Gasteiger partial charge in [-0.2, -0.15) is 0 Å². The average Bonchev–Trinajstić information content (AvgIpc) is 2.82. The molecule has 2 nitrogen and oxygen atoms in total. The van der Waals surface area contributed by atoms with Crippen LogP contribution in [0.5, 0.6) is 0 Å². The molecule has 0 amide bonds. The highest BCUT2D eigenvalue weighted by Crippen LogP contribution is 2.34. The molecular weight excluding hydrogens is 260 g/mol. The van der Waals surface area contributed by atoms with Gasteiger partial charge in [-0.15, -0.1) is 23.1 Å². The van der Waals surface area contributed by atoms with Crippen molar-refractivity contribution in [1.82, 2.24) is 4.98 Å². The van der Waals surface area contributed by atoms with Crippen molar-refractivity contribution in [2.45, 2.75) is 36.0 Å². The summed E-state index contributed by atoms with van der Waals surface area (Å²) >= 11 is 3.69.